The second-order valence-electron chi connectivity index (χ2n) is 5.63. The van der Waals surface area contributed by atoms with Crippen LogP contribution in [-0.2, 0) is 47.5 Å². The van der Waals surface area contributed by atoms with E-state index >= 15 is 0 Å². The number of carbonyl (C=O) groups excluding carboxylic acids is 3. The Hall–Kier alpha value is -1.75. The number of hydrogen-bond acceptors (Lipinski definition) is 10. The molecule has 1 fully saturated rings. The largest absolute Gasteiger partial charge is 0.463 e. The van der Waals surface area contributed by atoms with Crippen LogP contribution in [0, 0.1) is 0 Å². The maximum Gasteiger partial charge on any atom is 0.303 e. The molecule has 0 spiro atoms. The van der Waals surface area contributed by atoms with Gasteiger partial charge in [-0.05, 0) is 0 Å². The minimum absolute atomic E-state index is 0.140. The van der Waals surface area contributed by atoms with E-state index in [1.165, 1.54) is 42.1 Å². The molecular weight excluding hydrogens is 352 g/mol. The first-order valence-electron chi connectivity index (χ1n) is 7.96. The predicted molar refractivity (Wildman–Crippen MR) is 85.0 cm³/mol. The van der Waals surface area contributed by atoms with Gasteiger partial charge in [-0.3, -0.25) is 14.4 Å². The highest BCUT2D eigenvalue weighted by Gasteiger charge is 2.53. The van der Waals surface area contributed by atoms with Crippen LogP contribution < -0.4 is 0 Å². The fraction of sp³-hybridized carbons (Fsp3) is 0.812. The van der Waals surface area contributed by atoms with Crippen LogP contribution in [0.25, 0.3) is 0 Å². The standard InChI is InChI=1S/C16H26O10/c1-8(17)23-7-11(20-4)12-14(24-9(2)18)13(21-5)15(25-10(3)19)16(22-6)26-12/h11-16H,7H2,1-6H3. The Labute approximate surface area is 151 Å². The lowest BCUT2D eigenvalue weighted by Gasteiger charge is -2.45. The highest BCUT2D eigenvalue weighted by molar-refractivity contribution is 5.67. The SMILES string of the molecule is COC(COC(C)=O)C1OC(OC)C(OC(C)=O)C(OC)C1OC(C)=O. The molecule has 0 bridgehead atoms. The van der Waals surface area contributed by atoms with Gasteiger partial charge in [0.1, 0.15) is 24.9 Å². The van der Waals surface area contributed by atoms with Crippen LogP contribution in [0.3, 0.4) is 0 Å². The molecule has 26 heavy (non-hydrogen) atoms. The van der Waals surface area contributed by atoms with E-state index in [2.05, 4.69) is 0 Å². The fourth-order valence-electron chi connectivity index (χ4n) is 2.73. The molecule has 10 nitrogen and oxygen atoms in total. The third-order valence-corrected chi connectivity index (χ3v) is 3.76. The lowest BCUT2D eigenvalue weighted by Crippen LogP contribution is -2.64. The maximum absolute atomic E-state index is 11.6. The lowest BCUT2D eigenvalue weighted by atomic mass is 9.94. The van der Waals surface area contributed by atoms with Crippen LogP contribution in [0.15, 0.2) is 0 Å². The molecule has 1 saturated heterocycles. The fourth-order valence-corrected chi connectivity index (χ4v) is 2.73. The summed E-state index contributed by atoms with van der Waals surface area (Å²) in [6, 6.07) is 0. The lowest BCUT2D eigenvalue weighted by molar-refractivity contribution is -0.314. The molecule has 0 saturated carbocycles. The average molecular weight is 378 g/mol. The van der Waals surface area contributed by atoms with E-state index in [1.54, 1.807) is 0 Å². The molecule has 150 valence electrons. The normalized spacial score (nSPS) is 29.5. The number of esters is 3. The van der Waals surface area contributed by atoms with Gasteiger partial charge in [-0.1, -0.05) is 0 Å². The van der Waals surface area contributed by atoms with Crippen molar-refractivity contribution >= 4 is 17.9 Å². The average Bonchev–Trinajstić information content (AvgIpc) is 2.55. The van der Waals surface area contributed by atoms with Crippen LogP contribution in [-0.4, -0.2) is 82.7 Å². The van der Waals surface area contributed by atoms with Crippen molar-refractivity contribution in [3.63, 3.8) is 0 Å². The zero-order valence-corrected chi connectivity index (χ0v) is 15.8. The molecule has 0 aliphatic carbocycles. The molecule has 0 aromatic carbocycles. The van der Waals surface area contributed by atoms with Gasteiger partial charge in [0.05, 0.1) is 0 Å². The minimum Gasteiger partial charge on any atom is -0.463 e. The summed E-state index contributed by atoms with van der Waals surface area (Å²) in [5, 5.41) is 0. The Morgan fingerprint density at radius 2 is 1.42 bits per heavy atom. The Morgan fingerprint density at radius 1 is 0.846 bits per heavy atom. The smallest absolute Gasteiger partial charge is 0.303 e. The number of hydrogen-bond donors (Lipinski definition) is 0. The van der Waals surface area contributed by atoms with Crippen molar-refractivity contribution in [2.45, 2.75) is 57.6 Å². The number of ether oxygens (including phenoxy) is 7. The van der Waals surface area contributed by atoms with Crippen molar-refractivity contribution in [2.24, 2.45) is 0 Å². The third-order valence-electron chi connectivity index (χ3n) is 3.76. The first-order chi connectivity index (χ1) is 12.2. The van der Waals surface area contributed by atoms with E-state index in [0.29, 0.717) is 0 Å². The zero-order valence-electron chi connectivity index (χ0n) is 15.8. The monoisotopic (exact) mass is 378 g/mol. The topological polar surface area (TPSA) is 116 Å². The van der Waals surface area contributed by atoms with E-state index in [1.807, 2.05) is 0 Å². The second-order valence-corrected chi connectivity index (χ2v) is 5.63. The van der Waals surface area contributed by atoms with Gasteiger partial charge in [-0.15, -0.1) is 0 Å². The number of rotatable bonds is 8. The molecule has 0 aromatic heterocycles. The summed E-state index contributed by atoms with van der Waals surface area (Å²) in [6.45, 7) is 3.57. The Balaban J connectivity index is 3.17. The Bertz CT molecular complexity index is 493. The zero-order chi connectivity index (χ0) is 19.9. The molecule has 10 heteroatoms. The highest BCUT2D eigenvalue weighted by Crippen LogP contribution is 2.31. The Morgan fingerprint density at radius 3 is 1.85 bits per heavy atom. The van der Waals surface area contributed by atoms with Crippen molar-refractivity contribution in [3.8, 4) is 0 Å². The first-order valence-corrected chi connectivity index (χ1v) is 7.96. The van der Waals surface area contributed by atoms with Crippen molar-refractivity contribution < 1.29 is 47.5 Å². The van der Waals surface area contributed by atoms with Gasteiger partial charge in [0.2, 0.25) is 0 Å². The van der Waals surface area contributed by atoms with Crippen molar-refractivity contribution in [2.75, 3.05) is 27.9 Å². The van der Waals surface area contributed by atoms with Gasteiger partial charge in [0.25, 0.3) is 0 Å². The van der Waals surface area contributed by atoms with Gasteiger partial charge in [0.15, 0.2) is 18.5 Å². The van der Waals surface area contributed by atoms with Gasteiger partial charge < -0.3 is 33.2 Å². The van der Waals surface area contributed by atoms with Crippen LogP contribution in [0.1, 0.15) is 20.8 Å². The Kier molecular flexibility index (Phi) is 8.93. The highest BCUT2D eigenvalue weighted by atomic mass is 16.7. The van der Waals surface area contributed by atoms with Crippen molar-refractivity contribution in [1.29, 1.82) is 0 Å². The minimum atomic E-state index is -1.00. The number of methoxy groups -OCH3 is 3. The third kappa shape index (κ3) is 5.90. The summed E-state index contributed by atoms with van der Waals surface area (Å²) >= 11 is 0. The summed E-state index contributed by atoms with van der Waals surface area (Å²) < 4.78 is 37.4. The van der Waals surface area contributed by atoms with Gasteiger partial charge >= 0.3 is 17.9 Å². The molecular formula is C16H26O10. The van der Waals surface area contributed by atoms with E-state index in [0.717, 1.165) is 0 Å². The molecule has 1 heterocycles. The molecule has 1 aliphatic rings. The first kappa shape index (κ1) is 22.3. The molecule has 6 unspecified atom stereocenters. The summed E-state index contributed by atoms with van der Waals surface area (Å²) in [6.07, 6.45) is -5.54. The predicted octanol–water partition coefficient (Wildman–Crippen LogP) is -0.186. The molecule has 6 atom stereocenters. The van der Waals surface area contributed by atoms with E-state index < -0.39 is 54.7 Å². The quantitative estimate of drug-likeness (QED) is 0.416. The summed E-state index contributed by atoms with van der Waals surface area (Å²) in [7, 11) is 4.13. The van der Waals surface area contributed by atoms with Gasteiger partial charge in [0, 0.05) is 42.1 Å². The number of carbonyl (C=O) groups is 3. The van der Waals surface area contributed by atoms with Crippen molar-refractivity contribution in [3.05, 3.63) is 0 Å². The van der Waals surface area contributed by atoms with Crippen LogP contribution in [0.2, 0.25) is 0 Å². The molecule has 0 amide bonds. The van der Waals surface area contributed by atoms with Crippen molar-refractivity contribution in [1.82, 2.24) is 0 Å². The molecule has 0 aromatic rings. The molecule has 0 radical (unpaired) electrons. The van der Waals surface area contributed by atoms with Crippen LogP contribution in [0.5, 0.6) is 0 Å². The summed E-state index contributed by atoms with van der Waals surface area (Å²) in [4.78, 5) is 34.1. The second kappa shape index (κ2) is 10.4. The molecule has 0 N–H and O–H groups in total. The van der Waals surface area contributed by atoms with Gasteiger partial charge in [-0.25, -0.2) is 0 Å². The van der Waals surface area contributed by atoms with E-state index in [4.69, 9.17) is 33.2 Å². The van der Waals surface area contributed by atoms with Crippen LogP contribution >= 0.6 is 0 Å². The molecule has 1 aliphatic heterocycles. The van der Waals surface area contributed by atoms with E-state index in [-0.39, 0.29) is 6.61 Å². The summed E-state index contributed by atoms with van der Waals surface area (Å²) in [5.41, 5.74) is 0. The van der Waals surface area contributed by atoms with Gasteiger partial charge in [-0.2, -0.15) is 0 Å². The van der Waals surface area contributed by atoms with Crippen LogP contribution in [0.4, 0.5) is 0 Å². The van der Waals surface area contributed by atoms with E-state index in [9.17, 15) is 14.4 Å². The molecule has 1 rings (SSSR count). The summed E-state index contributed by atoms with van der Waals surface area (Å²) in [5.74, 6) is -1.67. The maximum atomic E-state index is 11.6.